The van der Waals surface area contributed by atoms with E-state index in [1.807, 2.05) is 0 Å². The fraction of sp³-hybridized carbons (Fsp3) is 0.143. The molecule has 0 atom stereocenters. The first-order valence-corrected chi connectivity index (χ1v) is 4.37. The highest BCUT2D eigenvalue weighted by molar-refractivity contribution is 7.78. The Morgan fingerprint density at radius 1 is 1.75 bits per heavy atom. The molecular formula is C7H5NO2S2. The van der Waals surface area contributed by atoms with E-state index in [9.17, 15) is 4.79 Å². The molecule has 0 aliphatic rings. The van der Waals surface area contributed by atoms with E-state index >= 15 is 0 Å². The molecular weight excluding hydrogens is 194 g/mol. The SMILES string of the molecule is COC(=O)c1cscc1N=C=S. The highest BCUT2D eigenvalue weighted by Gasteiger charge is 2.11. The molecule has 0 aliphatic carbocycles. The smallest absolute Gasteiger partial charge is 0.340 e. The van der Waals surface area contributed by atoms with Crippen molar-refractivity contribution < 1.29 is 9.53 Å². The largest absolute Gasteiger partial charge is 0.465 e. The number of hydrogen-bond donors (Lipinski definition) is 0. The van der Waals surface area contributed by atoms with Gasteiger partial charge in [-0.25, -0.2) is 4.79 Å². The van der Waals surface area contributed by atoms with Crippen molar-refractivity contribution >= 4 is 40.4 Å². The van der Waals surface area contributed by atoms with Crippen LogP contribution in [0.5, 0.6) is 0 Å². The summed E-state index contributed by atoms with van der Waals surface area (Å²) >= 11 is 5.79. The number of ether oxygens (including phenoxy) is 1. The van der Waals surface area contributed by atoms with Gasteiger partial charge in [0.05, 0.1) is 23.5 Å². The molecule has 3 nitrogen and oxygen atoms in total. The molecule has 1 aromatic rings. The third kappa shape index (κ3) is 1.76. The molecule has 0 fully saturated rings. The fourth-order valence-electron chi connectivity index (χ4n) is 0.689. The van der Waals surface area contributed by atoms with Crippen LogP contribution < -0.4 is 0 Å². The lowest BCUT2D eigenvalue weighted by molar-refractivity contribution is 0.0602. The monoisotopic (exact) mass is 199 g/mol. The summed E-state index contributed by atoms with van der Waals surface area (Å²) in [5.74, 6) is -0.403. The van der Waals surface area contributed by atoms with Gasteiger partial charge in [0.2, 0.25) is 0 Å². The van der Waals surface area contributed by atoms with E-state index in [1.165, 1.54) is 18.4 Å². The number of methoxy groups -OCH3 is 1. The number of esters is 1. The maximum absolute atomic E-state index is 11.0. The first kappa shape index (κ1) is 9.06. The van der Waals surface area contributed by atoms with Gasteiger partial charge in [-0.2, -0.15) is 4.99 Å². The molecule has 0 unspecified atom stereocenters. The Bertz CT molecular complexity index is 339. The van der Waals surface area contributed by atoms with Gasteiger partial charge >= 0.3 is 5.97 Å². The Labute approximate surface area is 78.7 Å². The molecule has 0 amide bonds. The van der Waals surface area contributed by atoms with Crippen molar-refractivity contribution in [3.63, 3.8) is 0 Å². The van der Waals surface area contributed by atoms with Crippen LogP contribution in [0.4, 0.5) is 5.69 Å². The predicted molar refractivity (Wildman–Crippen MR) is 50.3 cm³/mol. The molecule has 0 aromatic carbocycles. The van der Waals surface area contributed by atoms with E-state index in [1.54, 1.807) is 10.8 Å². The van der Waals surface area contributed by atoms with Crippen molar-refractivity contribution in [1.29, 1.82) is 0 Å². The maximum Gasteiger partial charge on any atom is 0.340 e. The predicted octanol–water partition coefficient (Wildman–Crippen LogP) is 2.27. The topological polar surface area (TPSA) is 38.7 Å². The maximum atomic E-state index is 11.0. The highest BCUT2D eigenvalue weighted by Crippen LogP contribution is 2.23. The summed E-state index contributed by atoms with van der Waals surface area (Å²) in [5, 5.41) is 5.57. The summed E-state index contributed by atoms with van der Waals surface area (Å²) < 4.78 is 4.53. The third-order valence-corrected chi connectivity index (χ3v) is 2.04. The second-order valence-electron chi connectivity index (χ2n) is 1.87. The molecule has 1 aromatic heterocycles. The Hall–Kier alpha value is -1.03. The van der Waals surface area contributed by atoms with E-state index in [-0.39, 0.29) is 0 Å². The van der Waals surface area contributed by atoms with Gasteiger partial charge in [-0.3, -0.25) is 0 Å². The minimum atomic E-state index is -0.403. The first-order chi connectivity index (χ1) is 5.79. The Balaban J connectivity index is 3.06. The van der Waals surface area contributed by atoms with Gasteiger partial charge in [0.25, 0.3) is 0 Å². The quantitative estimate of drug-likeness (QED) is 0.416. The molecule has 1 heterocycles. The average molecular weight is 199 g/mol. The average Bonchev–Trinajstić information content (AvgIpc) is 2.52. The van der Waals surface area contributed by atoms with Crippen molar-refractivity contribution in [1.82, 2.24) is 0 Å². The Morgan fingerprint density at radius 3 is 3.08 bits per heavy atom. The number of isothiocyanates is 1. The second kappa shape index (κ2) is 4.11. The first-order valence-electron chi connectivity index (χ1n) is 3.02. The molecule has 0 aliphatic heterocycles. The highest BCUT2D eigenvalue weighted by atomic mass is 32.1. The van der Waals surface area contributed by atoms with Gasteiger partial charge in [-0.1, -0.05) is 0 Å². The van der Waals surface area contributed by atoms with Crippen LogP contribution in [0.1, 0.15) is 10.4 Å². The number of thiocarbonyl (C=S) groups is 1. The van der Waals surface area contributed by atoms with Crippen LogP contribution >= 0.6 is 23.6 Å². The number of carbonyl (C=O) groups is 1. The zero-order valence-corrected chi connectivity index (χ0v) is 7.87. The molecule has 0 N–H and O–H groups in total. The Kier molecular flexibility index (Phi) is 3.10. The summed E-state index contributed by atoms with van der Waals surface area (Å²) in [4.78, 5) is 14.7. The van der Waals surface area contributed by atoms with E-state index in [4.69, 9.17) is 0 Å². The number of thiophene rings is 1. The van der Waals surface area contributed by atoms with Crippen molar-refractivity contribution in [3.05, 3.63) is 16.3 Å². The molecule has 0 saturated carbocycles. The summed E-state index contributed by atoms with van der Waals surface area (Å²) in [6.45, 7) is 0. The van der Waals surface area contributed by atoms with Crippen molar-refractivity contribution in [2.45, 2.75) is 0 Å². The van der Waals surface area contributed by atoms with Crippen molar-refractivity contribution in [3.8, 4) is 0 Å². The van der Waals surface area contributed by atoms with E-state index in [0.717, 1.165) is 0 Å². The van der Waals surface area contributed by atoms with E-state index in [2.05, 4.69) is 27.1 Å². The van der Waals surface area contributed by atoms with Crippen LogP contribution in [-0.4, -0.2) is 18.2 Å². The zero-order chi connectivity index (χ0) is 8.97. The van der Waals surface area contributed by atoms with Gasteiger partial charge < -0.3 is 4.74 Å². The summed E-state index contributed by atoms with van der Waals surface area (Å²) in [5.41, 5.74) is 0.946. The lowest BCUT2D eigenvalue weighted by atomic mass is 10.3. The van der Waals surface area contributed by atoms with Crippen LogP contribution in [-0.2, 0) is 4.74 Å². The van der Waals surface area contributed by atoms with Gasteiger partial charge in [0.15, 0.2) is 0 Å². The normalized spacial score (nSPS) is 8.75. The van der Waals surface area contributed by atoms with Gasteiger partial charge in [0, 0.05) is 10.8 Å². The summed E-state index contributed by atoms with van der Waals surface area (Å²) in [6.07, 6.45) is 0. The lowest BCUT2D eigenvalue weighted by Crippen LogP contribution is -1.98. The number of carbonyl (C=O) groups excluding carboxylic acids is 1. The fourth-order valence-corrected chi connectivity index (χ4v) is 1.52. The molecule has 0 spiro atoms. The van der Waals surface area contributed by atoms with Crippen LogP contribution in [0.15, 0.2) is 15.8 Å². The van der Waals surface area contributed by atoms with E-state index in [0.29, 0.717) is 11.3 Å². The number of hydrogen-bond acceptors (Lipinski definition) is 5. The van der Waals surface area contributed by atoms with Gasteiger partial charge in [-0.15, -0.1) is 11.3 Å². The number of nitrogens with zero attached hydrogens (tertiary/aromatic N) is 1. The number of aliphatic imine (C=N–C) groups is 1. The molecule has 5 heteroatoms. The van der Waals surface area contributed by atoms with Gasteiger partial charge in [0.1, 0.15) is 0 Å². The Morgan fingerprint density at radius 2 is 2.50 bits per heavy atom. The summed E-state index contributed by atoms with van der Waals surface area (Å²) in [7, 11) is 1.32. The molecule has 12 heavy (non-hydrogen) atoms. The minimum Gasteiger partial charge on any atom is -0.465 e. The number of rotatable bonds is 2. The van der Waals surface area contributed by atoms with Crippen molar-refractivity contribution in [2.24, 2.45) is 4.99 Å². The lowest BCUT2D eigenvalue weighted by Gasteiger charge is -1.94. The van der Waals surface area contributed by atoms with E-state index < -0.39 is 5.97 Å². The minimum absolute atomic E-state index is 0.403. The van der Waals surface area contributed by atoms with Crippen LogP contribution in [0.2, 0.25) is 0 Å². The third-order valence-electron chi connectivity index (χ3n) is 1.21. The van der Waals surface area contributed by atoms with Crippen LogP contribution in [0.3, 0.4) is 0 Å². The molecule has 0 saturated heterocycles. The molecule has 0 radical (unpaired) electrons. The van der Waals surface area contributed by atoms with Crippen molar-refractivity contribution in [2.75, 3.05) is 7.11 Å². The van der Waals surface area contributed by atoms with Gasteiger partial charge in [-0.05, 0) is 12.2 Å². The van der Waals surface area contributed by atoms with Crippen LogP contribution in [0.25, 0.3) is 0 Å². The molecule has 1 rings (SSSR count). The standard InChI is InChI=1S/C7H5NO2S2/c1-10-7(9)5-2-12-3-6(5)8-4-11/h2-3H,1H3. The molecule has 62 valence electrons. The second-order valence-corrected chi connectivity index (χ2v) is 2.79. The zero-order valence-electron chi connectivity index (χ0n) is 6.23. The summed E-state index contributed by atoms with van der Waals surface area (Å²) in [6, 6.07) is 0. The van der Waals surface area contributed by atoms with Crippen LogP contribution in [0, 0.1) is 0 Å². The molecule has 0 bridgehead atoms.